The van der Waals surface area contributed by atoms with E-state index >= 15 is 0 Å². The smallest absolute Gasteiger partial charge is 0.0588 e. The summed E-state index contributed by atoms with van der Waals surface area (Å²) in [6, 6.07) is 7.29. The van der Waals surface area contributed by atoms with Crippen LogP contribution in [-0.4, -0.2) is 26.3 Å². The van der Waals surface area contributed by atoms with E-state index in [2.05, 4.69) is 23.5 Å². The lowest BCUT2D eigenvalue weighted by atomic mass is 9.65. The number of hydrogen-bond donors (Lipinski definition) is 1. The van der Waals surface area contributed by atoms with Gasteiger partial charge in [-0.3, -0.25) is 0 Å². The fourth-order valence-electron chi connectivity index (χ4n) is 4.22. The van der Waals surface area contributed by atoms with Crippen LogP contribution in [0.15, 0.2) is 18.2 Å². The Balaban J connectivity index is 1.68. The number of piperidine rings is 1. The summed E-state index contributed by atoms with van der Waals surface area (Å²) in [7, 11) is 0. The zero-order chi connectivity index (χ0) is 12.7. The maximum atomic E-state index is 5.64. The van der Waals surface area contributed by atoms with E-state index in [1.54, 1.807) is 16.7 Å². The van der Waals surface area contributed by atoms with Crippen molar-refractivity contribution in [3.05, 3.63) is 34.9 Å². The second kappa shape index (κ2) is 4.60. The number of hydrogen-bond acceptors (Lipinski definition) is 2. The zero-order valence-corrected chi connectivity index (χ0v) is 11.6. The van der Waals surface area contributed by atoms with Gasteiger partial charge in [-0.2, -0.15) is 0 Å². The van der Waals surface area contributed by atoms with Crippen LogP contribution in [0.5, 0.6) is 0 Å². The van der Waals surface area contributed by atoms with Gasteiger partial charge in [0.25, 0.3) is 0 Å². The van der Waals surface area contributed by atoms with Crippen LogP contribution < -0.4 is 5.32 Å². The third kappa shape index (κ3) is 1.85. The van der Waals surface area contributed by atoms with Crippen molar-refractivity contribution < 1.29 is 4.74 Å². The van der Waals surface area contributed by atoms with Gasteiger partial charge in [-0.15, -0.1) is 0 Å². The topological polar surface area (TPSA) is 21.3 Å². The van der Waals surface area contributed by atoms with Crippen LogP contribution >= 0.6 is 0 Å². The average Bonchev–Trinajstić information content (AvgIpc) is 2.86. The van der Waals surface area contributed by atoms with Crippen molar-refractivity contribution in [3.8, 4) is 0 Å². The molecule has 1 N–H and O–H groups in total. The van der Waals surface area contributed by atoms with Crippen molar-refractivity contribution in [3.63, 3.8) is 0 Å². The summed E-state index contributed by atoms with van der Waals surface area (Å²) in [5, 5.41) is 3.49. The lowest BCUT2D eigenvalue weighted by molar-refractivity contribution is -0.0964. The molecule has 2 heterocycles. The first-order chi connectivity index (χ1) is 9.38. The number of fused-ring (bicyclic) bond motifs is 1. The summed E-state index contributed by atoms with van der Waals surface area (Å²) in [6.45, 7) is 4.24. The highest BCUT2D eigenvalue weighted by Crippen LogP contribution is 2.44. The highest BCUT2D eigenvalue weighted by Gasteiger charge is 2.47. The Kier molecular flexibility index (Phi) is 2.89. The maximum absolute atomic E-state index is 5.64. The molecule has 1 aromatic carbocycles. The van der Waals surface area contributed by atoms with E-state index in [9.17, 15) is 0 Å². The number of ether oxygens (including phenoxy) is 1. The highest BCUT2D eigenvalue weighted by molar-refractivity contribution is 5.40. The monoisotopic (exact) mass is 257 g/mol. The minimum absolute atomic E-state index is 0.333. The quantitative estimate of drug-likeness (QED) is 0.878. The summed E-state index contributed by atoms with van der Waals surface area (Å²) in [5.74, 6) is 0.807. The lowest BCUT2D eigenvalue weighted by Gasteiger charge is -2.49. The second-order valence-corrected chi connectivity index (χ2v) is 6.51. The van der Waals surface area contributed by atoms with Crippen LogP contribution in [0.3, 0.4) is 0 Å². The van der Waals surface area contributed by atoms with Gasteiger partial charge in [-0.1, -0.05) is 18.2 Å². The Hall–Kier alpha value is -0.860. The van der Waals surface area contributed by atoms with Gasteiger partial charge in [0.1, 0.15) is 0 Å². The first kappa shape index (κ1) is 11.9. The summed E-state index contributed by atoms with van der Waals surface area (Å²) >= 11 is 0. The van der Waals surface area contributed by atoms with Crippen molar-refractivity contribution in [2.24, 2.45) is 5.92 Å². The lowest BCUT2D eigenvalue weighted by Crippen LogP contribution is -2.54. The summed E-state index contributed by atoms with van der Waals surface area (Å²) in [4.78, 5) is 0. The second-order valence-electron chi connectivity index (χ2n) is 6.51. The van der Waals surface area contributed by atoms with Crippen molar-refractivity contribution in [2.75, 3.05) is 26.3 Å². The Labute approximate surface area is 115 Å². The van der Waals surface area contributed by atoms with E-state index in [-0.39, 0.29) is 0 Å². The Bertz CT molecular complexity index is 472. The van der Waals surface area contributed by atoms with Crippen LogP contribution in [0, 0.1) is 5.92 Å². The van der Waals surface area contributed by atoms with Gasteiger partial charge in [-0.25, -0.2) is 0 Å². The van der Waals surface area contributed by atoms with Gasteiger partial charge in [0.15, 0.2) is 0 Å². The van der Waals surface area contributed by atoms with E-state index in [1.807, 2.05) is 0 Å². The summed E-state index contributed by atoms with van der Waals surface area (Å²) < 4.78 is 5.64. The molecule has 2 fully saturated rings. The van der Waals surface area contributed by atoms with E-state index in [0.717, 1.165) is 19.1 Å². The van der Waals surface area contributed by atoms with Crippen LogP contribution in [0.1, 0.15) is 36.0 Å². The Morgan fingerprint density at radius 2 is 1.84 bits per heavy atom. The van der Waals surface area contributed by atoms with E-state index < -0.39 is 0 Å². The molecule has 0 unspecified atom stereocenters. The van der Waals surface area contributed by atoms with Crippen LogP contribution in [-0.2, 0) is 23.0 Å². The van der Waals surface area contributed by atoms with Gasteiger partial charge in [0, 0.05) is 5.41 Å². The molecule has 2 nitrogen and oxygen atoms in total. The molecule has 0 saturated carbocycles. The minimum Gasteiger partial charge on any atom is -0.379 e. The first-order valence-electron chi connectivity index (χ1n) is 7.79. The molecule has 0 spiro atoms. The molecule has 2 aliphatic heterocycles. The molecule has 19 heavy (non-hydrogen) atoms. The standard InChI is InChI=1S/C17H23NO/c1-2-13-4-5-16(10-14(13)3-1)17(11-19-12-17)15-6-8-18-9-7-15/h4-5,10,15,18H,1-3,6-9,11-12H2. The molecule has 0 radical (unpaired) electrons. The molecule has 4 rings (SSSR count). The third-order valence-corrected chi connectivity index (χ3v) is 5.51. The fourth-order valence-corrected chi connectivity index (χ4v) is 4.22. The van der Waals surface area contributed by atoms with Gasteiger partial charge in [0.2, 0.25) is 0 Å². The molecule has 0 aromatic heterocycles. The van der Waals surface area contributed by atoms with Crippen molar-refractivity contribution >= 4 is 0 Å². The molecule has 1 aliphatic carbocycles. The molecule has 2 saturated heterocycles. The predicted octanol–water partition coefficient (Wildman–Crippen LogP) is 2.44. The highest BCUT2D eigenvalue weighted by atomic mass is 16.5. The Morgan fingerprint density at radius 1 is 1.05 bits per heavy atom. The molecule has 0 atom stereocenters. The van der Waals surface area contributed by atoms with Gasteiger partial charge in [-0.05, 0) is 67.8 Å². The SMILES string of the molecule is c1cc2c(cc1C1(C3CCNCC3)COC1)CCC2. The number of benzene rings is 1. The normalized spacial score (nSPS) is 25.9. The van der Waals surface area contributed by atoms with E-state index in [0.29, 0.717) is 5.41 Å². The summed E-state index contributed by atoms with van der Waals surface area (Å²) in [5.41, 5.74) is 5.09. The molecule has 3 aliphatic rings. The Morgan fingerprint density at radius 3 is 2.58 bits per heavy atom. The van der Waals surface area contributed by atoms with E-state index in [4.69, 9.17) is 4.74 Å². The molecular formula is C17H23NO. The minimum atomic E-state index is 0.333. The van der Waals surface area contributed by atoms with Gasteiger partial charge >= 0.3 is 0 Å². The molecule has 0 bridgehead atoms. The third-order valence-electron chi connectivity index (χ3n) is 5.51. The van der Waals surface area contributed by atoms with Crippen molar-refractivity contribution in [1.29, 1.82) is 0 Å². The number of nitrogens with one attached hydrogen (secondary N) is 1. The predicted molar refractivity (Wildman–Crippen MR) is 76.6 cm³/mol. The van der Waals surface area contributed by atoms with Crippen molar-refractivity contribution in [2.45, 2.75) is 37.5 Å². The summed E-state index contributed by atoms with van der Waals surface area (Å²) in [6.07, 6.45) is 6.52. The van der Waals surface area contributed by atoms with Gasteiger partial charge in [0.05, 0.1) is 13.2 Å². The maximum Gasteiger partial charge on any atom is 0.0588 e. The largest absolute Gasteiger partial charge is 0.379 e. The molecule has 102 valence electrons. The fraction of sp³-hybridized carbons (Fsp3) is 0.647. The molecular weight excluding hydrogens is 234 g/mol. The molecule has 1 aromatic rings. The molecule has 2 heteroatoms. The van der Waals surface area contributed by atoms with Crippen LogP contribution in [0.25, 0.3) is 0 Å². The van der Waals surface area contributed by atoms with Gasteiger partial charge < -0.3 is 10.1 Å². The average molecular weight is 257 g/mol. The van der Waals surface area contributed by atoms with Crippen molar-refractivity contribution in [1.82, 2.24) is 5.32 Å². The number of rotatable bonds is 2. The zero-order valence-electron chi connectivity index (χ0n) is 11.6. The molecule has 0 amide bonds. The van der Waals surface area contributed by atoms with E-state index in [1.165, 1.54) is 45.2 Å². The number of aryl methyl sites for hydroxylation is 2. The van der Waals surface area contributed by atoms with Crippen LogP contribution in [0.4, 0.5) is 0 Å². The first-order valence-corrected chi connectivity index (χ1v) is 7.79. The van der Waals surface area contributed by atoms with Crippen LogP contribution in [0.2, 0.25) is 0 Å².